The van der Waals surface area contributed by atoms with Gasteiger partial charge in [-0.3, -0.25) is 0 Å². The summed E-state index contributed by atoms with van der Waals surface area (Å²) >= 11 is -0.0664. The molecule has 136 valence electrons. The van der Waals surface area contributed by atoms with Crippen LogP contribution in [0.25, 0.3) is 0 Å². The van der Waals surface area contributed by atoms with Crippen molar-refractivity contribution in [2.45, 2.75) is 63.7 Å². The SMILES string of the molecule is CCC1(OCCSC(F)(F)F)CCN(C(=O)OC(C)(C)C)CC1. The van der Waals surface area contributed by atoms with Crippen LogP contribution in [0.3, 0.4) is 0 Å². The fraction of sp³-hybridized carbons (Fsp3) is 0.933. The van der Waals surface area contributed by atoms with Crippen molar-refractivity contribution in [3.63, 3.8) is 0 Å². The third kappa shape index (κ3) is 7.65. The number of likely N-dealkylation sites (tertiary alicyclic amines) is 1. The Kier molecular flexibility index (Phi) is 7.07. The van der Waals surface area contributed by atoms with Crippen LogP contribution < -0.4 is 0 Å². The van der Waals surface area contributed by atoms with Crippen molar-refractivity contribution in [3.05, 3.63) is 0 Å². The van der Waals surface area contributed by atoms with Crippen molar-refractivity contribution < 1.29 is 27.4 Å². The predicted molar refractivity (Wildman–Crippen MR) is 84.5 cm³/mol. The number of piperidine rings is 1. The second-order valence-corrected chi connectivity index (χ2v) is 7.81. The molecule has 8 heteroatoms. The van der Waals surface area contributed by atoms with E-state index in [-0.39, 0.29) is 30.2 Å². The normalized spacial score (nSPS) is 18.8. The second-order valence-electron chi connectivity index (χ2n) is 6.65. The Bertz CT molecular complexity index is 388. The Hall–Kier alpha value is -0.630. The van der Waals surface area contributed by atoms with E-state index >= 15 is 0 Å². The van der Waals surface area contributed by atoms with Gasteiger partial charge in [0, 0.05) is 18.8 Å². The number of hydrogen-bond acceptors (Lipinski definition) is 4. The van der Waals surface area contributed by atoms with Gasteiger partial charge in [-0.1, -0.05) is 6.92 Å². The van der Waals surface area contributed by atoms with Crippen molar-refractivity contribution in [2.24, 2.45) is 0 Å². The minimum absolute atomic E-state index is 0.0600. The van der Waals surface area contributed by atoms with Crippen LogP contribution in [-0.2, 0) is 9.47 Å². The average molecular weight is 357 g/mol. The molecular formula is C15H26F3NO3S. The minimum atomic E-state index is -4.22. The molecule has 1 heterocycles. The number of thioether (sulfide) groups is 1. The number of nitrogens with zero attached hydrogens (tertiary/aromatic N) is 1. The quantitative estimate of drug-likeness (QED) is 0.682. The van der Waals surface area contributed by atoms with Gasteiger partial charge >= 0.3 is 11.6 Å². The molecule has 0 aromatic carbocycles. The first-order chi connectivity index (χ1) is 10.5. The van der Waals surface area contributed by atoms with Gasteiger partial charge in [0.05, 0.1) is 12.2 Å². The lowest BCUT2D eigenvalue weighted by Crippen LogP contribution is -2.49. The summed E-state index contributed by atoms with van der Waals surface area (Å²) in [6.07, 6.45) is 1.58. The lowest BCUT2D eigenvalue weighted by Gasteiger charge is -2.41. The maximum Gasteiger partial charge on any atom is 0.441 e. The van der Waals surface area contributed by atoms with E-state index in [1.165, 1.54) is 0 Å². The molecule has 0 saturated carbocycles. The maximum atomic E-state index is 12.1. The van der Waals surface area contributed by atoms with Crippen LogP contribution in [0.1, 0.15) is 47.0 Å². The van der Waals surface area contributed by atoms with E-state index in [0.717, 1.165) is 0 Å². The standard InChI is InChI=1S/C15H26F3NO3S/c1-5-14(21-10-11-23-15(16,17)18)6-8-19(9-7-14)12(20)22-13(2,3)4/h5-11H2,1-4H3. The molecule has 1 aliphatic rings. The van der Waals surface area contributed by atoms with Crippen molar-refractivity contribution in [3.8, 4) is 0 Å². The molecule has 0 atom stereocenters. The zero-order chi connectivity index (χ0) is 17.7. The van der Waals surface area contributed by atoms with E-state index in [1.54, 1.807) is 4.90 Å². The molecule has 0 aliphatic carbocycles. The lowest BCUT2D eigenvalue weighted by molar-refractivity contribution is -0.0821. The van der Waals surface area contributed by atoms with Gasteiger partial charge in [-0.25, -0.2) is 4.79 Å². The maximum absolute atomic E-state index is 12.1. The molecule has 0 unspecified atom stereocenters. The first-order valence-electron chi connectivity index (χ1n) is 7.79. The van der Waals surface area contributed by atoms with Crippen LogP contribution in [0.5, 0.6) is 0 Å². The third-order valence-electron chi connectivity index (χ3n) is 3.73. The van der Waals surface area contributed by atoms with Gasteiger partial charge in [0.25, 0.3) is 0 Å². The molecule has 0 N–H and O–H groups in total. The molecule has 4 nitrogen and oxygen atoms in total. The summed E-state index contributed by atoms with van der Waals surface area (Å²) in [4.78, 5) is 13.7. The van der Waals surface area contributed by atoms with Crippen LogP contribution in [0.4, 0.5) is 18.0 Å². The van der Waals surface area contributed by atoms with E-state index in [1.807, 2.05) is 27.7 Å². The molecule has 0 bridgehead atoms. The number of carbonyl (C=O) groups excluding carboxylic acids is 1. The highest BCUT2D eigenvalue weighted by Gasteiger charge is 2.37. The summed E-state index contributed by atoms with van der Waals surface area (Å²) in [5.41, 5.74) is -5.20. The fourth-order valence-corrected chi connectivity index (χ4v) is 2.84. The van der Waals surface area contributed by atoms with Gasteiger partial charge in [-0.15, -0.1) is 0 Å². The molecule has 23 heavy (non-hydrogen) atoms. The molecule has 0 radical (unpaired) electrons. The van der Waals surface area contributed by atoms with Crippen molar-refractivity contribution in [2.75, 3.05) is 25.4 Å². The zero-order valence-electron chi connectivity index (χ0n) is 14.2. The molecule has 0 aromatic rings. The van der Waals surface area contributed by atoms with E-state index in [9.17, 15) is 18.0 Å². The van der Waals surface area contributed by atoms with Gasteiger partial charge in [-0.05, 0) is 51.8 Å². The molecule has 0 spiro atoms. The monoisotopic (exact) mass is 357 g/mol. The number of carbonyl (C=O) groups is 1. The van der Waals surface area contributed by atoms with Gasteiger partial charge < -0.3 is 14.4 Å². The molecule has 1 amide bonds. The molecular weight excluding hydrogens is 331 g/mol. The number of halogens is 3. The fourth-order valence-electron chi connectivity index (χ4n) is 2.44. The number of rotatable bonds is 5. The van der Waals surface area contributed by atoms with Gasteiger partial charge in [-0.2, -0.15) is 13.2 Å². The van der Waals surface area contributed by atoms with Crippen LogP contribution in [0.15, 0.2) is 0 Å². The van der Waals surface area contributed by atoms with Crippen LogP contribution in [0.2, 0.25) is 0 Å². The van der Waals surface area contributed by atoms with E-state index < -0.39 is 16.7 Å². The Morgan fingerprint density at radius 2 is 1.78 bits per heavy atom. The van der Waals surface area contributed by atoms with Gasteiger partial charge in [0.2, 0.25) is 0 Å². The topological polar surface area (TPSA) is 38.8 Å². The van der Waals surface area contributed by atoms with Crippen LogP contribution in [-0.4, -0.2) is 53.2 Å². The number of hydrogen-bond donors (Lipinski definition) is 0. The molecule has 1 saturated heterocycles. The summed E-state index contributed by atoms with van der Waals surface area (Å²) in [5.74, 6) is -0.110. The summed E-state index contributed by atoms with van der Waals surface area (Å²) in [6.45, 7) is 8.45. The number of amides is 1. The first kappa shape index (κ1) is 20.4. The second kappa shape index (κ2) is 7.96. The lowest BCUT2D eigenvalue weighted by atomic mass is 9.88. The number of alkyl halides is 3. The summed E-state index contributed by atoms with van der Waals surface area (Å²) in [6, 6.07) is 0. The van der Waals surface area contributed by atoms with Gasteiger partial charge in [0.15, 0.2) is 0 Å². The van der Waals surface area contributed by atoms with Crippen molar-refractivity contribution >= 4 is 17.9 Å². The molecule has 1 rings (SSSR count). The molecule has 1 fully saturated rings. The Labute approximate surface area is 140 Å². The van der Waals surface area contributed by atoms with E-state index in [2.05, 4.69) is 0 Å². The highest BCUT2D eigenvalue weighted by Crippen LogP contribution is 2.33. The van der Waals surface area contributed by atoms with Gasteiger partial charge in [0.1, 0.15) is 5.60 Å². The van der Waals surface area contributed by atoms with Crippen LogP contribution >= 0.6 is 11.8 Å². The molecule has 1 aliphatic heterocycles. The average Bonchev–Trinajstić information content (AvgIpc) is 2.41. The van der Waals surface area contributed by atoms with E-state index in [0.29, 0.717) is 32.4 Å². The summed E-state index contributed by atoms with van der Waals surface area (Å²) in [7, 11) is 0. The smallest absolute Gasteiger partial charge is 0.441 e. The minimum Gasteiger partial charge on any atom is -0.444 e. The Morgan fingerprint density at radius 1 is 1.22 bits per heavy atom. The van der Waals surface area contributed by atoms with Crippen molar-refractivity contribution in [1.82, 2.24) is 4.90 Å². The first-order valence-corrected chi connectivity index (χ1v) is 8.77. The van der Waals surface area contributed by atoms with Crippen molar-refractivity contribution in [1.29, 1.82) is 0 Å². The predicted octanol–water partition coefficient (Wildman–Crippen LogP) is 4.44. The Morgan fingerprint density at radius 3 is 2.22 bits per heavy atom. The highest BCUT2D eigenvalue weighted by molar-refractivity contribution is 8.00. The van der Waals surface area contributed by atoms with Crippen LogP contribution in [0, 0.1) is 0 Å². The zero-order valence-corrected chi connectivity index (χ0v) is 15.0. The Balaban J connectivity index is 2.42. The summed E-state index contributed by atoms with van der Waals surface area (Å²) < 4.78 is 47.4. The number of ether oxygens (including phenoxy) is 2. The molecule has 0 aromatic heterocycles. The van der Waals surface area contributed by atoms with E-state index in [4.69, 9.17) is 9.47 Å². The third-order valence-corrected chi connectivity index (χ3v) is 4.43. The highest BCUT2D eigenvalue weighted by atomic mass is 32.2. The summed E-state index contributed by atoms with van der Waals surface area (Å²) in [5, 5.41) is 0. The largest absolute Gasteiger partial charge is 0.444 e.